The third kappa shape index (κ3) is 3.37. The second-order valence-corrected chi connectivity index (χ2v) is 7.27. The lowest BCUT2D eigenvalue weighted by atomic mass is 9.97. The molecular formula is C17H20N4OS. The number of hydrogen-bond acceptors (Lipinski definition) is 5. The minimum Gasteiger partial charge on any atom is -0.354 e. The van der Waals surface area contributed by atoms with Gasteiger partial charge in [0.05, 0.1) is 10.8 Å². The second kappa shape index (κ2) is 6.28. The van der Waals surface area contributed by atoms with Crippen molar-refractivity contribution in [2.75, 3.05) is 18.0 Å². The van der Waals surface area contributed by atoms with E-state index < -0.39 is 0 Å². The van der Waals surface area contributed by atoms with Crippen LogP contribution in [-0.2, 0) is 4.79 Å². The highest BCUT2D eigenvalue weighted by Gasteiger charge is 2.30. The van der Waals surface area contributed by atoms with Crippen LogP contribution < -0.4 is 10.2 Å². The average molecular weight is 328 g/mol. The van der Waals surface area contributed by atoms with Gasteiger partial charge in [-0.05, 0) is 49.3 Å². The predicted molar refractivity (Wildman–Crippen MR) is 91.4 cm³/mol. The molecule has 6 heteroatoms. The third-order valence-electron chi connectivity index (χ3n) is 4.46. The van der Waals surface area contributed by atoms with Gasteiger partial charge in [0, 0.05) is 19.1 Å². The number of carbonyl (C=O) groups is 1. The molecule has 120 valence electrons. The first-order valence-electron chi connectivity index (χ1n) is 8.22. The number of amides is 1. The largest absolute Gasteiger partial charge is 0.354 e. The zero-order chi connectivity index (χ0) is 15.6. The van der Waals surface area contributed by atoms with Gasteiger partial charge in [-0.3, -0.25) is 4.79 Å². The molecule has 1 aliphatic carbocycles. The number of rotatable bonds is 4. The van der Waals surface area contributed by atoms with Crippen molar-refractivity contribution in [2.24, 2.45) is 5.92 Å². The topological polar surface area (TPSA) is 58.1 Å². The SMILES string of the molecule is O=C(NC1CC1)C1CCCN(c2ccc(-c3cccs3)nn2)C1. The monoisotopic (exact) mass is 328 g/mol. The number of piperidine rings is 1. The summed E-state index contributed by atoms with van der Waals surface area (Å²) in [6, 6.07) is 8.53. The van der Waals surface area contributed by atoms with Crippen LogP contribution in [0.3, 0.4) is 0 Å². The van der Waals surface area contributed by atoms with E-state index >= 15 is 0 Å². The standard InChI is InChI=1S/C17H20N4OS/c22-17(18-13-5-6-13)12-3-1-9-21(11-12)16-8-7-14(19-20-16)15-4-2-10-23-15/h2,4,7-8,10,12-13H,1,3,5-6,9,11H2,(H,18,22). The highest BCUT2D eigenvalue weighted by atomic mass is 32.1. The number of nitrogens with zero attached hydrogens (tertiary/aromatic N) is 3. The van der Waals surface area contributed by atoms with E-state index in [0.29, 0.717) is 6.04 Å². The van der Waals surface area contributed by atoms with Gasteiger partial charge in [0.25, 0.3) is 0 Å². The Morgan fingerprint density at radius 1 is 1.22 bits per heavy atom. The van der Waals surface area contributed by atoms with Gasteiger partial charge in [0.1, 0.15) is 5.69 Å². The molecule has 3 heterocycles. The smallest absolute Gasteiger partial charge is 0.225 e. The summed E-state index contributed by atoms with van der Waals surface area (Å²) in [5, 5.41) is 13.9. The molecule has 1 amide bonds. The van der Waals surface area contributed by atoms with Crippen molar-refractivity contribution < 1.29 is 4.79 Å². The maximum atomic E-state index is 12.3. The first-order valence-corrected chi connectivity index (χ1v) is 9.10. The lowest BCUT2D eigenvalue weighted by molar-refractivity contribution is -0.125. The molecule has 0 bridgehead atoms. The fraction of sp³-hybridized carbons (Fsp3) is 0.471. The van der Waals surface area contributed by atoms with E-state index in [9.17, 15) is 4.79 Å². The van der Waals surface area contributed by atoms with Gasteiger partial charge in [-0.2, -0.15) is 0 Å². The van der Waals surface area contributed by atoms with E-state index in [1.165, 1.54) is 0 Å². The Kier molecular flexibility index (Phi) is 3.99. The molecule has 0 spiro atoms. The van der Waals surface area contributed by atoms with E-state index in [2.05, 4.69) is 20.4 Å². The molecule has 1 N–H and O–H groups in total. The van der Waals surface area contributed by atoms with Crippen molar-refractivity contribution in [3.05, 3.63) is 29.6 Å². The number of carbonyl (C=O) groups excluding carboxylic acids is 1. The Hall–Kier alpha value is -1.95. The van der Waals surface area contributed by atoms with Crippen molar-refractivity contribution in [1.29, 1.82) is 0 Å². The number of anilines is 1. The Labute approximate surface area is 139 Å². The molecular weight excluding hydrogens is 308 g/mol. The van der Waals surface area contributed by atoms with E-state index in [0.717, 1.165) is 55.2 Å². The molecule has 1 saturated carbocycles. The predicted octanol–water partition coefficient (Wildman–Crippen LogP) is 2.70. The van der Waals surface area contributed by atoms with Gasteiger partial charge in [-0.25, -0.2) is 0 Å². The fourth-order valence-electron chi connectivity index (χ4n) is 3.00. The molecule has 2 aromatic rings. The normalized spacial score (nSPS) is 21.2. The number of aromatic nitrogens is 2. The Morgan fingerprint density at radius 2 is 2.13 bits per heavy atom. The summed E-state index contributed by atoms with van der Waals surface area (Å²) in [7, 11) is 0. The highest BCUT2D eigenvalue weighted by Crippen LogP contribution is 2.26. The van der Waals surface area contributed by atoms with E-state index in [1.54, 1.807) is 11.3 Å². The van der Waals surface area contributed by atoms with Crippen molar-refractivity contribution in [3.63, 3.8) is 0 Å². The van der Waals surface area contributed by atoms with E-state index in [-0.39, 0.29) is 11.8 Å². The van der Waals surface area contributed by atoms with Crippen molar-refractivity contribution in [2.45, 2.75) is 31.7 Å². The maximum Gasteiger partial charge on any atom is 0.225 e. The summed E-state index contributed by atoms with van der Waals surface area (Å²) < 4.78 is 0. The quantitative estimate of drug-likeness (QED) is 0.937. The summed E-state index contributed by atoms with van der Waals surface area (Å²) in [4.78, 5) is 15.6. The van der Waals surface area contributed by atoms with Crippen LogP contribution in [0.2, 0.25) is 0 Å². The first-order chi connectivity index (χ1) is 11.3. The van der Waals surface area contributed by atoms with Crippen LogP contribution in [0.25, 0.3) is 10.6 Å². The zero-order valence-corrected chi connectivity index (χ0v) is 13.8. The van der Waals surface area contributed by atoms with Crippen LogP contribution in [0.15, 0.2) is 29.6 Å². The Balaban J connectivity index is 1.43. The Bertz CT molecular complexity index is 666. The molecule has 1 unspecified atom stereocenters. The fourth-order valence-corrected chi connectivity index (χ4v) is 3.69. The molecule has 23 heavy (non-hydrogen) atoms. The van der Waals surface area contributed by atoms with Crippen LogP contribution in [0, 0.1) is 5.92 Å². The molecule has 0 radical (unpaired) electrons. The molecule has 2 fully saturated rings. The minimum absolute atomic E-state index is 0.0723. The number of hydrogen-bond donors (Lipinski definition) is 1. The average Bonchev–Trinajstić information content (AvgIpc) is 3.24. The highest BCUT2D eigenvalue weighted by molar-refractivity contribution is 7.13. The summed E-state index contributed by atoms with van der Waals surface area (Å²) in [6.45, 7) is 1.69. The van der Waals surface area contributed by atoms with Gasteiger partial charge in [-0.1, -0.05) is 6.07 Å². The third-order valence-corrected chi connectivity index (χ3v) is 5.36. The summed E-state index contributed by atoms with van der Waals surface area (Å²) >= 11 is 1.66. The summed E-state index contributed by atoms with van der Waals surface area (Å²) in [5.74, 6) is 1.15. The molecule has 1 aliphatic heterocycles. The molecule has 1 saturated heterocycles. The van der Waals surface area contributed by atoms with Crippen LogP contribution >= 0.6 is 11.3 Å². The van der Waals surface area contributed by atoms with Gasteiger partial charge >= 0.3 is 0 Å². The number of nitrogens with one attached hydrogen (secondary N) is 1. The van der Waals surface area contributed by atoms with Crippen LogP contribution in [0.5, 0.6) is 0 Å². The zero-order valence-electron chi connectivity index (χ0n) is 12.9. The van der Waals surface area contributed by atoms with Crippen molar-refractivity contribution in [1.82, 2.24) is 15.5 Å². The molecule has 2 aliphatic rings. The number of thiophene rings is 1. The van der Waals surface area contributed by atoms with Gasteiger partial charge in [-0.15, -0.1) is 21.5 Å². The molecule has 0 aromatic carbocycles. The van der Waals surface area contributed by atoms with Gasteiger partial charge in [0.15, 0.2) is 5.82 Å². The molecule has 5 nitrogen and oxygen atoms in total. The molecule has 1 atom stereocenters. The van der Waals surface area contributed by atoms with Crippen molar-refractivity contribution >= 4 is 23.1 Å². The molecule has 2 aromatic heterocycles. The lowest BCUT2D eigenvalue weighted by Crippen LogP contribution is -2.44. The van der Waals surface area contributed by atoms with Crippen LogP contribution in [0.1, 0.15) is 25.7 Å². The minimum atomic E-state index is 0.0723. The molecule has 4 rings (SSSR count). The van der Waals surface area contributed by atoms with E-state index in [4.69, 9.17) is 0 Å². The first kappa shape index (κ1) is 14.6. The second-order valence-electron chi connectivity index (χ2n) is 6.32. The van der Waals surface area contributed by atoms with E-state index in [1.807, 2.05) is 29.6 Å². The summed E-state index contributed by atoms with van der Waals surface area (Å²) in [5.41, 5.74) is 0.906. The lowest BCUT2D eigenvalue weighted by Gasteiger charge is -2.32. The van der Waals surface area contributed by atoms with Crippen LogP contribution in [0.4, 0.5) is 5.82 Å². The van der Waals surface area contributed by atoms with Gasteiger partial charge < -0.3 is 10.2 Å². The van der Waals surface area contributed by atoms with Crippen molar-refractivity contribution in [3.8, 4) is 10.6 Å². The van der Waals surface area contributed by atoms with Gasteiger partial charge in [0.2, 0.25) is 5.91 Å². The Morgan fingerprint density at radius 3 is 2.83 bits per heavy atom. The van der Waals surface area contributed by atoms with Crippen LogP contribution in [-0.4, -0.2) is 35.2 Å². The maximum absolute atomic E-state index is 12.3. The summed E-state index contributed by atoms with van der Waals surface area (Å²) in [6.07, 6.45) is 4.27.